The Morgan fingerprint density at radius 2 is 2.25 bits per heavy atom. The molecule has 3 nitrogen and oxygen atoms in total. The number of rotatable bonds is 1. The van der Waals surface area contributed by atoms with Gasteiger partial charge in [0.1, 0.15) is 0 Å². The van der Waals surface area contributed by atoms with Gasteiger partial charge in [0.25, 0.3) is 0 Å². The molecular formula is C9H11NO2. The van der Waals surface area contributed by atoms with E-state index in [-0.39, 0.29) is 5.76 Å². The molecule has 0 saturated carbocycles. The van der Waals surface area contributed by atoms with E-state index in [1.54, 1.807) is 6.08 Å². The molecule has 0 heterocycles. The molecule has 0 aromatic carbocycles. The summed E-state index contributed by atoms with van der Waals surface area (Å²) in [5.74, 6) is -0.222. The Hall–Kier alpha value is -1.51. The lowest BCUT2D eigenvalue weighted by molar-refractivity contribution is -0.114. The van der Waals surface area contributed by atoms with Crippen LogP contribution in [-0.4, -0.2) is 11.0 Å². The maximum Gasteiger partial charge on any atom is 0.248 e. The van der Waals surface area contributed by atoms with Crippen LogP contribution in [0.1, 0.15) is 13.3 Å². The molecule has 0 aromatic heterocycles. The molecule has 0 atom stereocenters. The number of amides is 1. The number of carbonyl (C=O) groups is 1. The maximum atomic E-state index is 10.8. The number of nitrogens with two attached hydrogens (primary N) is 1. The molecule has 0 aliphatic heterocycles. The largest absolute Gasteiger partial charge is 0.512 e. The summed E-state index contributed by atoms with van der Waals surface area (Å²) in [5.41, 5.74) is 6.43. The number of carbonyl (C=O) groups excluding carboxylic acids is 1. The molecule has 3 heteroatoms. The van der Waals surface area contributed by atoms with Gasteiger partial charge < -0.3 is 10.8 Å². The highest BCUT2D eigenvalue weighted by atomic mass is 16.3. The third-order valence-corrected chi connectivity index (χ3v) is 1.60. The van der Waals surface area contributed by atoms with Gasteiger partial charge in [0.05, 0.1) is 5.76 Å². The van der Waals surface area contributed by atoms with Gasteiger partial charge in [0.2, 0.25) is 5.91 Å². The van der Waals surface area contributed by atoms with Crippen molar-refractivity contribution < 1.29 is 9.90 Å². The zero-order chi connectivity index (χ0) is 9.14. The average Bonchev–Trinajstić information content (AvgIpc) is 2.11. The second-order valence-corrected chi connectivity index (χ2v) is 2.81. The second-order valence-electron chi connectivity index (χ2n) is 2.81. The van der Waals surface area contributed by atoms with E-state index in [4.69, 9.17) is 5.73 Å². The third-order valence-electron chi connectivity index (χ3n) is 1.60. The molecule has 0 radical (unpaired) electrons. The fourth-order valence-electron chi connectivity index (χ4n) is 1.05. The van der Waals surface area contributed by atoms with Crippen LogP contribution in [-0.2, 0) is 4.79 Å². The van der Waals surface area contributed by atoms with Crippen LogP contribution in [0.5, 0.6) is 0 Å². The summed E-state index contributed by atoms with van der Waals surface area (Å²) in [6.45, 7) is 1.84. The summed E-state index contributed by atoms with van der Waals surface area (Å²) in [4.78, 5) is 10.8. The zero-order valence-electron chi connectivity index (χ0n) is 6.87. The molecule has 3 N–H and O–H groups in total. The van der Waals surface area contributed by atoms with Gasteiger partial charge in [-0.25, -0.2) is 0 Å². The lowest BCUT2D eigenvalue weighted by Crippen LogP contribution is -2.12. The fourth-order valence-corrected chi connectivity index (χ4v) is 1.05. The van der Waals surface area contributed by atoms with E-state index < -0.39 is 5.91 Å². The number of aliphatic hydroxyl groups excluding tert-OH is 1. The minimum atomic E-state index is -0.472. The SMILES string of the molecule is CC1=CC(C(N)=O)=CC=C(O)C1. The number of hydrogen-bond acceptors (Lipinski definition) is 2. The topological polar surface area (TPSA) is 63.3 Å². The summed E-state index contributed by atoms with van der Waals surface area (Å²) in [7, 11) is 0. The minimum Gasteiger partial charge on any atom is -0.512 e. The van der Waals surface area contributed by atoms with Crippen molar-refractivity contribution in [2.75, 3.05) is 0 Å². The van der Waals surface area contributed by atoms with E-state index in [0.29, 0.717) is 12.0 Å². The second kappa shape index (κ2) is 3.26. The highest BCUT2D eigenvalue weighted by Gasteiger charge is 2.05. The van der Waals surface area contributed by atoms with E-state index in [1.807, 2.05) is 6.92 Å². The van der Waals surface area contributed by atoms with Gasteiger partial charge in [0, 0.05) is 12.0 Å². The van der Waals surface area contributed by atoms with Crippen LogP contribution < -0.4 is 5.73 Å². The van der Waals surface area contributed by atoms with Crippen molar-refractivity contribution in [2.45, 2.75) is 13.3 Å². The predicted molar refractivity (Wildman–Crippen MR) is 46.4 cm³/mol. The summed E-state index contributed by atoms with van der Waals surface area (Å²) in [5, 5.41) is 9.18. The van der Waals surface area contributed by atoms with Crippen LogP contribution in [0, 0.1) is 0 Å². The predicted octanol–water partition coefficient (Wildman–Crippen LogP) is 1.19. The molecule has 1 aliphatic carbocycles. The number of primary amides is 1. The Balaban J connectivity index is 3.01. The van der Waals surface area contributed by atoms with Crippen LogP contribution >= 0.6 is 0 Å². The molecule has 0 unspecified atom stereocenters. The Labute approximate surface area is 70.9 Å². The molecular weight excluding hydrogens is 154 g/mol. The monoisotopic (exact) mass is 165 g/mol. The molecule has 0 fully saturated rings. The van der Waals surface area contributed by atoms with Gasteiger partial charge in [-0.05, 0) is 19.1 Å². The summed E-state index contributed by atoms with van der Waals surface area (Å²) in [6.07, 6.45) is 5.18. The van der Waals surface area contributed by atoms with Crippen LogP contribution in [0.4, 0.5) is 0 Å². The van der Waals surface area contributed by atoms with Gasteiger partial charge in [-0.2, -0.15) is 0 Å². The third kappa shape index (κ3) is 1.99. The first kappa shape index (κ1) is 8.59. The lowest BCUT2D eigenvalue weighted by Gasteiger charge is -1.96. The van der Waals surface area contributed by atoms with Crippen molar-refractivity contribution >= 4 is 5.91 Å². The van der Waals surface area contributed by atoms with E-state index in [0.717, 1.165) is 5.57 Å². The first-order valence-corrected chi connectivity index (χ1v) is 3.66. The van der Waals surface area contributed by atoms with E-state index >= 15 is 0 Å². The average molecular weight is 165 g/mol. The first-order chi connectivity index (χ1) is 5.59. The smallest absolute Gasteiger partial charge is 0.248 e. The maximum absolute atomic E-state index is 10.8. The Morgan fingerprint density at radius 1 is 1.58 bits per heavy atom. The summed E-state index contributed by atoms with van der Waals surface area (Å²) in [6, 6.07) is 0. The van der Waals surface area contributed by atoms with Crippen LogP contribution in [0.2, 0.25) is 0 Å². The molecule has 1 amide bonds. The molecule has 12 heavy (non-hydrogen) atoms. The van der Waals surface area contributed by atoms with Crippen molar-refractivity contribution in [1.29, 1.82) is 0 Å². The van der Waals surface area contributed by atoms with Crippen LogP contribution in [0.25, 0.3) is 0 Å². The Bertz CT molecular complexity index is 298. The standard InChI is InChI=1S/C9H11NO2/c1-6-4-7(9(10)12)2-3-8(11)5-6/h2-4,11H,5H2,1H3,(H2,10,12). The number of aliphatic hydroxyl groups is 1. The highest BCUT2D eigenvalue weighted by molar-refractivity contribution is 5.95. The molecule has 1 aliphatic rings. The van der Waals surface area contributed by atoms with Gasteiger partial charge in [-0.15, -0.1) is 0 Å². The van der Waals surface area contributed by atoms with E-state index in [9.17, 15) is 9.90 Å². The van der Waals surface area contributed by atoms with E-state index in [1.165, 1.54) is 12.2 Å². The van der Waals surface area contributed by atoms with Crippen LogP contribution in [0.3, 0.4) is 0 Å². The zero-order valence-corrected chi connectivity index (χ0v) is 6.87. The highest BCUT2D eigenvalue weighted by Crippen LogP contribution is 2.15. The molecule has 0 spiro atoms. The van der Waals surface area contributed by atoms with Crippen molar-refractivity contribution in [2.24, 2.45) is 5.73 Å². The summed E-state index contributed by atoms with van der Waals surface area (Å²) >= 11 is 0. The molecule has 0 aromatic rings. The van der Waals surface area contributed by atoms with Crippen molar-refractivity contribution in [1.82, 2.24) is 0 Å². The van der Waals surface area contributed by atoms with Gasteiger partial charge in [-0.1, -0.05) is 11.6 Å². The van der Waals surface area contributed by atoms with Gasteiger partial charge >= 0.3 is 0 Å². The fraction of sp³-hybridized carbons (Fsp3) is 0.222. The summed E-state index contributed by atoms with van der Waals surface area (Å²) < 4.78 is 0. The Kier molecular flexibility index (Phi) is 2.33. The van der Waals surface area contributed by atoms with Gasteiger partial charge in [0.15, 0.2) is 0 Å². The molecule has 1 rings (SSSR count). The van der Waals surface area contributed by atoms with Crippen molar-refractivity contribution in [3.05, 3.63) is 35.1 Å². The quantitative estimate of drug-likeness (QED) is 0.613. The Morgan fingerprint density at radius 3 is 2.83 bits per heavy atom. The minimum absolute atomic E-state index is 0.250. The molecule has 0 bridgehead atoms. The van der Waals surface area contributed by atoms with Crippen molar-refractivity contribution in [3.63, 3.8) is 0 Å². The molecule has 0 saturated heterocycles. The van der Waals surface area contributed by atoms with Crippen LogP contribution in [0.15, 0.2) is 35.1 Å². The van der Waals surface area contributed by atoms with Gasteiger partial charge in [-0.3, -0.25) is 4.79 Å². The lowest BCUT2D eigenvalue weighted by atomic mass is 10.1. The number of hydrogen-bond donors (Lipinski definition) is 2. The molecule has 64 valence electrons. The normalized spacial score (nSPS) is 17.2. The number of allylic oxidation sites excluding steroid dienone is 3. The van der Waals surface area contributed by atoms with Crippen molar-refractivity contribution in [3.8, 4) is 0 Å². The van der Waals surface area contributed by atoms with E-state index in [2.05, 4.69) is 0 Å². The first-order valence-electron chi connectivity index (χ1n) is 3.66.